The van der Waals surface area contributed by atoms with Crippen LogP contribution in [-0.4, -0.2) is 51.6 Å². The van der Waals surface area contributed by atoms with Crippen LogP contribution in [0.3, 0.4) is 0 Å². The largest absolute Gasteiger partial charge is 0.434 e. The topological polar surface area (TPSA) is 79.0 Å². The smallest absolute Gasteiger partial charge is 0.415 e. The summed E-state index contributed by atoms with van der Waals surface area (Å²) >= 11 is 0. The summed E-state index contributed by atoms with van der Waals surface area (Å²) in [5, 5.41) is 2.39. The number of amides is 2. The molecule has 9 heteroatoms. The summed E-state index contributed by atoms with van der Waals surface area (Å²) in [6, 6.07) is 2.25. The molecule has 1 aromatic rings. The average molecular weight is 427 g/mol. The zero-order valence-electron chi connectivity index (χ0n) is 17.9. The molecule has 168 valence electrons. The Hall–Kier alpha value is -2.71. The molecule has 1 heterocycles. The van der Waals surface area contributed by atoms with Gasteiger partial charge in [-0.25, -0.2) is 13.6 Å². The van der Waals surface area contributed by atoms with Crippen molar-refractivity contribution in [3.05, 3.63) is 23.8 Å². The van der Waals surface area contributed by atoms with Crippen molar-refractivity contribution < 1.29 is 27.9 Å². The second-order valence-electron chi connectivity index (χ2n) is 6.90. The molecule has 1 atom stereocenters. The summed E-state index contributed by atoms with van der Waals surface area (Å²) < 4.78 is 34.6. The number of rotatable bonds is 10. The molecule has 7 nitrogen and oxygen atoms in total. The number of benzene rings is 1. The average Bonchev–Trinajstić information content (AvgIpc) is 3.13. The molecule has 1 unspecified atom stereocenters. The first-order chi connectivity index (χ1) is 14.4. The number of hydrogen-bond acceptors (Lipinski definition) is 5. The first kappa shape index (κ1) is 25.3. The van der Waals surface area contributed by atoms with E-state index in [1.165, 1.54) is 7.05 Å². The number of halogens is 2. The third kappa shape index (κ3) is 6.40. The minimum absolute atomic E-state index is 0.0394. The monoisotopic (exact) mass is 427 g/mol. The lowest BCUT2D eigenvalue weighted by Gasteiger charge is -2.26. The Morgan fingerprint density at radius 1 is 1.17 bits per heavy atom. The van der Waals surface area contributed by atoms with Gasteiger partial charge in [-0.05, 0) is 12.8 Å². The van der Waals surface area contributed by atoms with Crippen LogP contribution in [0, 0.1) is 11.6 Å². The number of hydrogen-bond donors (Lipinski definition) is 1. The van der Waals surface area contributed by atoms with E-state index in [2.05, 4.69) is 12.2 Å². The third-order valence-corrected chi connectivity index (χ3v) is 4.76. The van der Waals surface area contributed by atoms with E-state index in [4.69, 9.17) is 9.53 Å². The molecule has 1 N–H and O–H groups in total. The second-order valence-corrected chi connectivity index (χ2v) is 6.90. The fourth-order valence-corrected chi connectivity index (χ4v) is 3.32. The fourth-order valence-electron chi connectivity index (χ4n) is 3.32. The van der Waals surface area contributed by atoms with Crippen LogP contribution in [0.25, 0.3) is 0 Å². The van der Waals surface area contributed by atoms with Crippen molar-refractivity contribution in [3.8, 4) is 0 Å². The molecular formula is C21H31F2N3O4. The number of likely N-dealkylation sites (N-methyl/N-ethyl adjacent to an activating group) is 1. The molecule has 0 bridgehead atoms. The zero-order valence-corrected chi connectivity index (χ0v) is 17.9. The van der Waals surface area contributed by atoms with E-state index in [1.807, 2.05) is 13.7 Å². The van der Waals surface area contributed by atoms with E-state index < -0.39 is 29.7 Å². The Kier molecular flexibility index (Phi) is 10.8. The van der Waals surface area contributed by atoms with Crippen molar-refractivity contribution >= 4 is 30.2 Å². The molecule has 0 saturated carbocycles. The summed E-state index contributed by atoms with van der Waals surface area (Å²) in [6.07, 6.45) is 3.02. The Morgan fingerprint density at radius 3 is 2.33 bits per heavy atom. The van der Waals surface area contributed by atoms with Gasteiger partial charge in [-0.15, -0.1) is 0 Å². The van der Waals surface area contributed by atoms with Crippen LogP contribution in [0.2, 0.25) is 0 Å². The van der Waals surface area contributed by atoms with Crippen LogP contribution < -0.4 is 15.1 Å². The second kappa shape index (κ2) is 12.8. The lowest BCUT2D eigenvalue weighted by Crippen LogP contribution is -2.35. The van der Waals surface area contributed by atoms with Gasteiger partial charge < -0.3 is 19.7 Å². The molecule has 1 fully saturated rings. The Bertz CT molecular complexity index is 694. The number of ether oxygens (including phenoxy) is 1. The number of nitrogens with one attached hydrogen (secondary N) is 1. The number of unbranched alkanes of at least 4 members (excludes halogenated alkanes) is 3. The highest BCUT2D eigenvalue weighted by Gasteiger charge is 2.37. The van der Waals surface area contributed by atoms with Gasteiger partial charge in [0.05, 0.1) is 12.2 Å². The maximum absolute atomic E-state index is 14.8. The van der Waals surface area contributed by atoms with E-state index >= 15 is 0 Å². The SMILES string of the molecule is C=O.CCCCCCN(CCC)c1c(F)cc(N2CC(C(=O)NC)OC2=O)cc1F. The lowest BCUT2D eigenvalue weighted by molar-refractivity contribution is -0.127. The Labute approximate surface area is 176 Å². The fraction of sp³-hybridized carbons (Fsp3) is 0.571. The summed E-state index contributed by atoms with van der Waals surface area (Å²) in [5.74, 6) is -1.92. The highest BCUT2D eigenvalue weighted by molar-refractivity contribution is 5.95. The van der Waals surface area contributed by atoms with E-state index in [-0.39, 0.29) is 17.9 Å². The first-order valence-electron chi connectivity index (χ1n) is 10.2. The van der Waals surface area contributed by atoms with Gasteiger partial charge in [-0.2, -0.15) is 0 Å². The molecule has 30 heavy (non-hydrogen) atoms. The molecule has 2 amide bonds. The van der Waals surface area contributed by atoms with Crippen LogP contribution >= 0.6 is 0 Å². The first-order valence-corrected chi connectivity index (χ1v) is 10.2. The molecule has 0 aromatic heterocycles. The van der Waals surface area contributed by atoms with Crippen LogP contribution in [0.4, 0.5) is 25.0 Å². The summed E-state index contributed by atoms with van der Waals surface area (Å²) in [7, 11) is 1.43. The number of cyclic esters (lactones) is 1. The number of nitrogens with zero attached hydrogens (tertiary/aromatic N) is 2. The van der Waals surface area contributed by atoms with E-state index in [0.717, 1.165) is 49.1 Å². The van der Waals surface area contributed by atoms with Crippen LogP contribution in [0.5, 0.6) is 0 Å². The normalized spacial score (nSPS) is 15.3. The standard InChI is InChI=1S/C20H29F2N3O3.CH2O/c1-4-6-7-8-10-24(9-5-2)18-15(21)11-14(12-16(18)22)25-13-17(19(26)23-3)28-20(25)27;1-2/h11-12,17H,4-10,13H2,1-3H3,(H,23,26);1H2. The van der Waals surface area contributed by atoms with Gasteiger partial charge in [0.1, 0.15) is 12.5 Å². The zero-order chi connectivity index (χ0) is 22.7. The van der Waals surface area contributed by atoms with E-state index in [1.54, 1.807) is 4.90 Å². The van der Waals surface area contributed by atoms with Crippen molar-refractivity contribution in [2.24, 2.45) is 0 Å². The third-order valence-electron chi connectivity index (χ3n) is 4.76. The Morgan fingerprint density at radius 2 is 1.80 bits per heavy atom. The maximum atomic E-state index is 14.8. The van der Waals surface area contributed by atoms with Crippen molar-refractivity contribution in [1.29, 1.82) is 0 Å². The number of anilines is 2. The molecule has 0 spiro atoms. The van der Waals surface area contributed by atoms with Gasteiger partial charge >= 0.3 is 6.09 Å². The molecule has 1 aliphatic heterocycles. The van der Waals surface area contributed by atoms with E-state index in [9.17, 15) is 18.4 Å². The van der Waals surface area contributed by atoms with E-state index in [0.29, 0.717) is 13.1 Å². The number of carbonyl (C=O) groups is 3. The highest BCUT2D eigenvalue weighted by Crippen LogP contribution is 2.31. The molecule has 1 saturated heterocycles. The van der Waals surface area contributed by atoms with Crippen molar-refractivity contribution in [1.82, 2.24) is 5.32 Å². The van der Waals surface area contributed by atoms with Crippen molar-refractivity contribution in [3.63, 3.8) is 0 Å². The maximum Gasteiger partial charge on any atom is 0.415 e. The molecule has 2 rings (SSSR count). The van der Waals surface area contributed by atoms with Gasteiger partial charge in [-0.3, -0.25) is 9.69 Å². The molecule has 0 radical (unpaired) electrons. The van der Waals surface area contributed by atoms with Gasteiger partial charge in [0, 0.05) is 32.3 Å². The predicted octanol–water partition coefficient (Wildman–Crippen LogP) is 3.65. The predicted molar refractivity (Wildman–Crippen MR) is 112 cm³/mol. The summed E-state index contributed by atoms with van der Waals surface area (Å²) in [4.78, 5) is 34.5. The van der Waals surface area contributed by atoms with Crippen LogP contribution in [-0.2, 0) is 14.3 Å². The molecule has 1 aromatic carbocycles. The van der Waals surface area contributed by atoms with Crippen molar-refractivity contribution in [2.45, 2.75) is 52.1 Å². The van der Waals surface area contributed by atoms with Gasteiger partial charge in [0.15, 0.2) is 17.7 Å². The highest BCUT2D eigenvalue weighted by atomic mass is 19.1. The minimum atomic E-state index is -1.00. The van der Waals surface area contributed by atoms with Crippen LogP contribution in [0.1, 0.15) is 46.0 Å². The van der Waals surface area contributed by atoms with Crippen LogP contribution in [0.15, 0.2) is 12.1 Å². The van der Waals surface area contributed by atoms with Crippen molar-refractivity contribution in [2.75, 3.05) is 36.5 Å². The molecule has 0 aliphatic carbocycles. The van der Waals surface area contributed by atoms with Gasteiger partial charge in [-0.1, -0.05) is 33.1 Å². The minimum Gasteiger partial charge on any atom is -0.434 e. The van der Waals surface area contributed by atoms with Gasteiger partial charge in [0.25, 0.3) is 5.91 Å². The summed E-state index contributed by atoms with van der Waals surface area (Å²) in [5.41, 5.74) is -0.0323. The molecular weight excluding hydrogens is 396 g/mol. The van der Waals surface area contributed by atoms with Gasteiger partial charge in [0.2, 0.25) is 0 Å². The molecule has 1 aliphatic rings. The quantitative estimate of drug-likeness (QED) is 0.577. The Balaban J connectivity index is 0.00000218. The summed E-state index contributed by atoms with van der Waals surface area (Å²) in [6.45, 7) is 7.10. The number of carbonyl (C=O) groups excluding carboxylic acids is 3. The lowest BCUT2D eigenvalue weighted by atomic mass is 10.1.